The molecular formula is C13H20OS. The van der Waals surface area contributed by atoms with E-state index in [1.807, 2.05) is 0 Å². The van der Waals surface area contributed by atoms with Gasteiger partial charge in [-0.2, -0.15) is 12.6 Å². The maximum absolute atomic E-state index is 5.61. The summed E-state index contributed by atoms with van der Waals surface area (Å²) in [6.45, 7) is 3.00. The fourth-order valence-corrected chi connectivity index (χ4v) is 1.67. The smallest absolute Gasteiger partial charge is 0.119 e. The molecule has 1 nitrogen and oxygen atoms in total. The average Bonchev–Trinajstić information content (AvgIpc) is 2.27. The van der Waals surface area contributed by atoms with Crippen molar-refractivity contribution in [3.63, 3.8) is 0 Å². The molecule has 0 radical (unpaired) electrons. The van der Waals surface area contributed by atoms with Gasteiger partial charge in [0.25, 0.3) is 0 Å². The summed E-state index contributed by atoms with van der Waals surface area (Å²) in [6, 6.07) is 8.42. The molecule has 0 aliphatic rings. The van der Waals surface area contributed by atoms with E-state index in [1.165, 1.54) is 12.0 Å². The third-order valence-corrected chi connectivity index (χ3v) is 2.60. The van der Waals surface area contributed by atoms with Crippen LogP contribution in [0.1, 0.15) is 31.7 Å². The SMILES string of the molecule is CCCc1ccc(OCCCCS)cc1. The summed E-state index contributed by atoms with van der Waals surface area (Å²) in [6.07, 6.45) is 4.55. The van der Waals surface area contributed by atoms with Gasteiger partial charge in [0, 0.05) is 0 Å². The van der Waals surface area contributed by atoms with E-state index >= 15 is 0 Å². The van der Waals surface area contributed by atoms with Gasteiger partial charge in [0.2, 0.25) is 0 Å². The normalized spacial score (nSPS) is 10.3. The number of hydrogen-bond donors (Lipinski definition) is 1. The molecule has 1 aromatic rings. The lowest BCUT2D eigenvalue weighted by atomic mass is 10.1. The number of unbranched alkanes of at least 4 members (excludes halogenated alkanes) is 1. The lowest BCUT2D eigenvalue weighted by Crippen LogP contribution is -1.97. The maximum atomic E-state index is 5.61. The zero-order chi connectivity index (χ0) is 10.9. The first-order valence-electron chi connectivity index (χ1n) is 5.69. The molecule has 0 unspecified atom stereocenters. The number of rotatable bonds is 7. The van der Waals surface area contributed by atoms with Gasteiger partial charge in [-0.25, -0.2) is 0 Å². The molecule has 0 fully saturated rings. The number of benzene rings is 1. The summed E-state index contributed by atoms with van der Waals surface area (Å²) in [5, 5.41) is 0. The van der Waals surface area contributed by atoms with Gasteiger partial charge in [0.05, 0.1) is 6.61 Å². The fourth-order valence-electron chi connectivity index (χ4n) is 1.44. The highest BCUT2D eigenvalue weighted by Crippen LogP contribution is 2.13. The van der Waals surface area contributed by atoms with Gasteiger partial charge < -0.3 is 4.74 Å². The second kappa shape index (κ2) is 7.63. The van der Waals surface area contributed by atoms with Crippen molar-refractivity contribution >= 4 is 12.6 Å². The Morgan fingerprint density at radius 2 is 1.87 bits per heavy atom. The molecule has 0 atom stereocenters. The lowest BCUT2D eigenvalue weighted by molar-refractivity contribution is 0.310. The van der Waals surface area contributed by atoms with Gasteiger partial charge in [-0.05, 0) is 42.7 Å². The summed E-state index contributed by atoms with van der Waals surface area (Å²) in [5.41, 5.74) is 1.39. The Morgan fingerprint density at radius 3 is 2.47 bits per heavy atom. The molecule has 0 saturated carbocycles. The maximum Gasteiger partial charge on any atom is 0.119 e. The molecule has 0 aliphatic heterocycles. The fraction of sp³-hybridized carbons (Fsp3) is 0.538. The van der Waals surface area contributed by atoms with Crippen molar-refractivity contribution in [3.8, 4) is 5.75 Å². The predicted octanol–water partition coefficient (Wildman–Crippen LogP) is 3.73. The van der Waals surface area contributed by atoms with Crippen LogP contribution in [0.3, 0.4) is 0 Å². The molecule has 1 aromatic carbocycles. The van der Waals surface area contributed by atoms with Crippen LogP contribution in [0.2, 0.25) is 0 Å². The molecule has 0 amide bonds. The number of hydrogen-bond acceptors (Lipinski definition) is 2. The average molecular weight is 224 g/mol. The highest BCUT2D eigenvalue weighted by atomic mass is 32.1. The Labute approximate surface area is 98.3 Å². The van der Waals surface area contributed by atoms with Crippen molar-refractivity contribution in [2.24, 2.45) is 0 Å². The van der Waals surface area contributed by atoms with E-state index in [1.54, 1.807) is 0 Å². The first-order chi connectivity index (χ1) is 7.36. The van der Waals surface area contributed by atoms with Crippen LogP contribution in [0.25, 0.3) is 0 Å². The van der Waals surface area contributed by atoms with Crippen LogP contribution in [-0.4, -0.2) is 12.4 Å². The highest BCUT2D eigenvalue weighted by Gasteiger charge is 1.94. The van der Waals surface area contributed by atoms with E-state index in [9.17, 15) is 0 Å². The van der Waals surface area contributed by atoms with Crippen LogP contribution in [0.15, 0.2) is 24.3 Å². The van der Waals surface area contributed by atoms with Gasteiger partial charge in [-0.3, -0.25) is 0 Å². The minimum Gasteiger partial charge on any atom is -0.494 e. The van der Waals surface area contributed by atoms with Gasteiger partial charge >= 0.3 is 0 Å². The lowest BCUT2D eigenvalue weighted by Gasteiger charge is -2.06. The van der Waals surface area contributed by atoms with Crippen molar-refractivity contribution in [2.75, 3.05) is 12.4 Å². The second-order valence-electron chi connectivity index (χ2n) is 3.67. The van der Waals surface area contributed by atoms with E-state index in [-0.39, 0.29) is 0 Å². The Kier molecular flexibility index (Phi) is 6.33. The van der Waals surface area contributed by atoms with Crippen molar-refractivity contribution in [1.29, 1.82) is 0 Å². The summed E-state index contributed by atoms with van der Waals surface area (Å²) >= 11 is 4.16. The van der Waals surface area contributed by atoms with Gasteiger partial charge in [0.15, 0.2) is 0 Å². The van der Waals surface area contributed by atoms with E-state index in [4.69, 9.17) is 4.74 Å². The van der Waals surface area contributed by atoms with E-state index < -0.39 is 0 Å². The zero-order valence-electron chi connectivity index (χ0n) is 9.41. The second-order valence-corrected chi connectivity index (χ2v) is 4.12. The van der Waals surface area contributed by atoms with Crippen molar-refractivity contribution in [2.45, 2.75) is 32.6 Å². The van der Waals surface area contributed by atoms with Crippen molar-refractivity contribution in [1.82, 2.24) is 0 Å². The zero-order valence-corrected chi connectivity index (χ0v) is 10.3. The van der Waals surface area contributed by atoms with Crippen LogP contribution in [0, 0.1) is 0 Å². The minimum absolute atomic E-state index is 0.799. The topological polar surface area (TPSA) is 9.23 Å². The van der Waals surface area contributed by atoms with Crippen molar-refractivity contribution in [3.05, 3.63) is 29.8 Å². The van der Waals surface area contributed by atoms with E-state index in [0.717, 1.165) is 37.4 Å². The van der Waals surface area contributed by atoms with Gasteiger partial charge in [-0.1, -0.05) is 25.5 Å². The molecule has 0 bridgehead atoms. The Balaban J connectivity index is 2.29. The van der Waals surface area contributed by atoms with Crippen molar-refractivity contribution < 1.29 is 4.74 Å². The molecule has 2 heteroatoms. The summed E-state index contributed by atoms with van der Waals surface area (Å²) < 4.78 is 5.61. The molecule has 0 spiro atoms. The molecule has 1 rings (SSSR count). The molecule has 0 N–H and O–H groups in total. The molecular weight excluding hydrogens is 204 g/mol. The Bertz CT molecular complexity index is 256. The van der Waals surface area contributed by atoms with E-state index in [2.05, 4.69) is 43.8 Å². The number of ether oxygens (including phenoxy) is 1. The molecule has 0 heterocycles. The van der Waals surface area contributed by atoms with Crippen LogP contribution in [0.4, 0.5) is 0 Å². The highest BCUT2D eigenvalue weighted by molar-refractivity contribution is 7.80. The van der Waals surface area contributed by atoms with E-state index in [0.29, 0.717) is 0 Å². The van der Waals surface area contributed by atoms with Crippen LogP contribution >= 0.6 is 12.6 Å². The summed E-state index contributed by atoms with van der Waals surface area (Å²) in [4.78, 5) is 0. The van der Waals surface area contributed by atoms with Crippen LogP contribution in [0.5, 0.6) is 5.75 Å². The minimum atomic E-state index is 0.799. The van der Waals surface area contributed by atoms with Crippen LogP contribution in [-0.2, 0) is 6.42 Å². The number of thiol groups is 1. The molecule has 0 aliphatic carbocycles. The predicted molar refractivity (Wildman–Crippen MR) is 69.0 cm³/mol. The molecule has 15 heavy (non-hydrogen) atoms. The molecule has 0 saturated heterocycles. The Morgan fingerprint density at radius 1 is 1.13 bits per heavy atom. The first kappa shape index (κ1) is 12.4. The number of aryl methyl sites for hydroxylation is 1. The monoisotopic (exact) mass is 224 g/mol. The summed E-state index contributed by atoms with van der Waals surface area (Å²) in [7, 11) is 0. The standard InChI is InChI=1S/C13H20OS/c1-2-5-12-6-8-13(9-7-12)14-10-3-4-11-15/h6-9,15H,2-5,10-11H2,1H3. The van der Waals surface area contributed by atoms with Crippen LogP contribution < -0.4 is 4.74 Å². The van der Waals surface area contributed by atoms with Gasteiger partial charge in [-0.15, -0.1) is 0 Å². The molecule has 0 aromatic heterocycles. The summed E-state index contributed by atoms with van der Waals surface area (Å²) in [5.74, 6) is 1.92. The first-order valence-corrected chi connectivity index (χ1v) is 6.32. The Hall–Kier alpha value is -0.630. The third-order valence-electron chi connectivity index (χ3n) is 2.28. The quantitative estimate of drug-likeness (QED) is 0.548. The van der Waals surface area contributed by atoms with Gasteiger partial charge in [0.1, 0.15) is 5.75 Å². The largest absolute Gasteiger partial charge is 0.494 e. The third kappa shape index (κ3) is 5.12. The molecule has 84 valence electrons.